The number of nitrogens with zero attached hydrogens (tertiary/aromatic N) is 5. The molecule has 1 aromatic heterocycles. The van der Waals surface area contributed by atoms with Gasteiger partial charge >= 0.3 is 0 Å². The number of aliphatic hydroxyl groups excluding tert-OH is 1. The van der Waals surface area contributed by atoms with Crippen LogP contribution in [0.2, 0.25) is 0 Å². The molecule has 2 heterocycles. The first-order valence-corrected chi connectivity index (χ1v) is 4.82. The van der Waals surface area contributed by atoms with Crippen LogP contribution in [-0.4, -0.2) is 44.5 Å². The van der Waals surface area contributed by atoms with Crippen molar-refractivity contribution in [1.29, 1.82) is 0 Å². The van der Waals surface area contributed by atoms with Crippen LogP contribution in [0.5, 0.6) is 0 Å². The highest BCUT2D eigenvalue weighted by molar-refractivity contribution is 5.29. The number of β-amino-alcohol motifs (C(OH)–C–C–N with tert-alkyl or cyclic N) is 1. The van der Waals surface area contributed by atoms with E-state index >= 15 is 0 Å². The van der Waals surface area contributed by atoms with E-state index < -0.39 is 0 Å². The minimum atomic E-state index is -0.268. The molecule has 1 N–H and O–H groups in total. The Morgan fingerprint density at radius 2 is 2.21 bits per heavy atom. The Labute approximate surface area is 82.5 Å². The standard InChI is InChI=1S/C8H15N5O/c1-6-3-7(14)5-13(4-6)8-9-10-11-12(8)2/h6-7,14H,3-5H2,1-2H3. The maximum atomic E-state index is 9.62. The van der Waals surface area contributed by atoms with Gasteiger partial charge in [0.2, 0.25) is 5.95 Å². The van der Waals surface area contributed by atoms with Gasteiger partial charge in [0.25, 0.3) is 0 Å². The minimum Gasteiger partial charge on any atom is -0.391 e. The van der Waals surface area contributed by atoms with Gasteiger partial charge < -0.3 is 10.0 Å². The average molecular weight is 197 g/mol. The molecule has 6 nitrogen and oxygen atoms in total. The fraction of sp³-hybridized carbons (Fsp3) is 0.875. The molecule has 2 unspecified atom stereocenters. The van der Waals surface area contributed by atoms with E-state index in [-0.39, 0.29) is 6.10 Å². The molecule has 0 saturated carbocycles. The molecule has 0 aliphatic carbocycles. The molecule has 78 valence electrons. The summed E-state index contributed by atoms with van der Waals surface area (Å²) in [5, 5.41) is 20.9. The van der Waals surface area contributed by atoms with Gasteiger partial charge in [0.05, 0.1) is 6.10 Å². The summed E-state index contributed by atoms with van der Waals surface area (Å²) < 4.78 is 1.63. The Kier molecular flexibility index (Phi) is 2.37. The zero-order valence-electron chi connectivity index (χ0n) is 8.46. The zero-order valence-corrected chi connectivity index (χ0v) is 8.46. The third-order valence-corrected chi connectivity index (χ3v) is 2.52. The zero-order chi connectivity index (χ0) is 10.1. The molecule has 1 aliphatic heterocycles. The van der Waals surface area contributed by atoms with Crippen LogP contribution in [0, 0.1) is 5.92 Å². The number of hydrogen-bond acceptors (Lipinski definition) is 5. The summed E-state index contributed by atoms with van der Waals surface area (Å²) in [6.07, 6.45) is 0.595. The second-order valence-corrected chi connectivity index (χ2v) is 4.00. The fourth-order valence-corrected chi connectivity index (χ4v) is 1.97. The van der Waals surface area contributed by atoms with E-state index in [1.807, 2.05) is 4.90 Å². The molecule has 1 saturated heterocycles. The average Bonchev–Trinajstić information content (AvgIpc) is 2.49. The first-order chi connectivity index (χ1) is 6.66. The van der Waals surface area contributed by atoms with Gasteiger partial charge in [0, 0.05) is 20.1 Å². The van der Waals surface area contributed by atoms with Gasteiger partial charge in [-0.1, -0.05) is 12.0 Å². The number of anilines is 1. The number of hydrogen-bond donors (Lipinski definition) is 1. The number of aromatic nitrogens is 4. The predicted octanol–water partition coefficient (Wildman–Crippen LogP) is -0.583. The van der Waals surface area contributed by atoms with E-state index in [0.29, 0.717) is 12.5 Å². The summed E-state index contributed by atoms with van der Waals surface area (Å²) >= 11 is 0. The Hall–Kier alpha value is -1.17. The van der Waals surface area contributed by atoms with Gasteiger partial charge in [-0.2, -0.15) is 0 Å². The highest BCUT2D eigenvalue weighted by atomic mass is 16.3. The molecule has 0 radical (unpaired) electrons. The van der Waals surface area contributed by atoms with Crippen molar-refractivity contribution >= 4 is 5.95 Å². The monoisotopic (exact) mass is 197 g/mol. The van der Waals surface area contributed by atoms with Crippen molar-refractivity contribution in [3.8, 4) is 0 Å². The molecular formula is C8H15N5O. The van der Waals surface area contributed by atoms with Crippen LogP contribution in [0.15, 0.2) is 0 Å². The molecule has 0 bridgehead atoms. The number of tetrazole rings is 1. The van der Waals surface area contributed by atoms with Gasteiger partial charge in [-0.3, -0.25) is 0 Å². The normalized spacial score (nSPS) is 28.1. The molecule has 0 amide bonds. The lowest BCUT2D eigenvalue weighted by molar-refractivity contribution is 0.131. The quantitative estimate of drug-likeness (QED) is 0.652. The van der Waals surface area contributed by atoms with Crippen LogP contribution in [0.4, 0.5) is 5.95 Å². The van der Waals surface area contributed by atoms with Crippen molar-refractivity contribution < 1.29 is 5.11 Å². The van der Waals surface area contributed by atoms with Crippen molar-refractivity contribution in [2.45, 2.75) is 19.4 Å². The summed E-state index contributed by atoms with van der Waals surface area (Å²) in [7, 11) is 1.81. The van der Waals surface area contributed by atoms with Crippen molar-refractivity contribution in [3.05, 3.63) is 0 Å². The van der Waals surface area contributed by atoms with Crippen molar-refractivity contribution in [2.24, 2.45) is 13.0 Å². The number of rotatable bonds is 1. The fourth-order valence-electron chi connectivity index (χ4n) is 1.97. The van der Waals surface area contributed by atoms with E-state index in [2.05, 4.69) is 22.4 Å². The molecule has 14 heavy (non-hydrogen) atoms. The van der Waals surface area contributed by atoms with Crippen molar-refractivity contribution in [2.75, 3.05) is 18.0 Å². The minimum absolute atomic E-state index is 0.268. The lowest BCUT2D eigenvalue weighted by atomic mass is 9.98. The van der Waals surface area contributed by atoms with Gasteiger partial charge in [-0.05, 0) is 22.8 Å². The summed E-state index contributed by atoms with van der Waals surface area (Å²) in [4.78, 5) is 2.03. The van der Waals surface area contributed by atoms with E-state index in [1.54, 1.807) is 11.7 Å². The maximum Gasteiger partial charge on any atom is 0.245 e. The molecule has 1 aromatic rings. The summed E-state index contributed by atoms with van der Waals surface area (Å²) in [5.74, 6) is 1.21. The Morgan fingerprint density at radius 3 is 2.79 bits per heavy atom. The summed E-state index contributed by atoms with van der Waals surface area (Å²) in [5.41, 5.74) is 0. The number of aryl methyl sites for hydroxylation is 1. The Bertz CT molecular complexity index is 302. The van der Waals surface area contributed by atoms with Crippen molar-refractivity contribution in [3.63, 3.8) is 0 Å². The maximum absolute atomic E-state index is 9.62. The molecule has 6 heteroatoms. The molecule has 2 rings (SSSR count). The lowest BCUT2D eigenvalue weighted by Crippen LogP contribution is -2.43. The number of aliphatic hydroxyl groups is 1. The number of piperidine rings is 1. The first-order valence-electron chi connectivity index (χ1n) is 4.82. The van der Waals surface area contributed by atoms with Crippen LogP contribution in [-0.2, 0) is 7.05 Å². The molecule has 1 fully saturated rings. The molecule has 2 atom stereocenters. The summed E-state index contributed by atoms with van der Waals surface area (Å²) in [6.45, 7) is 3.66. The van der Waals surface area contributed by atoms with E-state index in [1.165, 1.54) is 0 Å². The third kappa shape index (κ3) is 1.70. The topological polar surface area (TPSA) is 67.1 Å². The van der Waals surface area contributed by atoms with E-state index in [4.69, 9.17) is 0 Å². The van der Waals surface area contributed by atoms with Crippen molar-refractivity contribution in [1.82, 2.24) is 20.2 Å². The highest BCUT2D eigenvalue weighted by Gasteiger charge is 2.25. The van der Waals surface area contributed by atoms with Crippen LogP contribution in [0.25, 0.3) is 0 Å². The first kappa shape index (κ1) is 9.39. The second-order valence-electron chi connectivity index (χ2n) is 4.00. The molecular weight excluding hydrogens is 182 g/mol. The van der Waals surface area contributed by atoms with Gasteiger partial charge in [0.1, 0.15) is 0 Å². The third-order valence-electron chi connectivity index (χ3n) is 2.52. The molecule has 0 spiro atoms. The Balaban J connectivity index is 2.15. The van der Waals surface area contributed by atoms with Crippen LogP contribution >= 0.6 is 0 Å². The van der Waals surface area contributed by atoms with Crippen LogP contribution < -0.4 is 4.90 Å². The van der Waals surface area contributed by atoms with E-state index in [9.17, 15) is 5.11 Å². The predicted molar refractivity (Wildman–Crippen MR) is 50.8 cm³/mol. The lowest BCUT2D eigenvalue weighted by Gasteiger charge is -2.33. The van der Waals surface area contributed by atoms with Gasteiger partial charge in [-0.15, -0.1) is 0 Å². The smallest absolute Gasteiger partial charge is 0.245 e. The molecule has 1 aliphatic rings. The SMILES string of the molecule is CC1CC(O)CN(c2nnnn2C)C1. The largest absolute Gasteiger partial charge is 0.391 e. The second kappa shape index (κ2) is 3.53. The van der Waals surface area contributed by atoms with Crippen LogP contribution in [0.1, 0.15) is 13.3 Å². The van der Waals surface area contributed by atoms with Gasteiger partial charge in [0.15, 0.2) is 0 Å². The van der Waals surface area contributed by atoms with Crippen LogP contribution in [0.3, 0.4) is 0 Å². The summed E-state index contributed by atoms with van der Waals surface area (Å²) in [6, 6.07) is 0. The molecule has 0 aromatic carbocycles. The highest BCUT2D eigenvalue weighted by Crippen LogP contribution is 2.19. The van der Waals surface area contributed by atoms with E-state index in [0.717, 1.165) is 18.9 Å². The van der Waals surface area contributed by atoms with Gasteiger partial charge in [-0.25, -0.2) is 4.68 Å². The Morgan fingerprint density at radius 1 is 1.43 bits per heavy atom.